The maximum absolute atomic E-state index is 12.8. The van der Waals surface area contributed by atoms with Crippen LogP contribution in [-0.2, 0) is 30.4 Å². The van der Waals surface area contributed by atoms with E-state index >= 15 is 0 Å². The van der Waals surface area contributed by atoms with Gasteiger partial charge < -0.3 is 37.0 Å². The van der Waals surface area contributed by atoms with E-state index in [0.29, 0.717) is 11.3 Å². The Morgan fingerprint density at radius 2 is 1.50 bits per heavy atom. The number of benzene rings is 1. The zero-order valence-electron chi connectivity index (χ0n) is 18.8. The number of phenolic OH excluding ortho intramolecular Hbond substituents is 1. The minimum Gasteiger partial charge on any atom is -0.508 e. The van der Waals surface area contributed by atoms with Crippen molar-refractivity contribution < 1.29 is 39.3 Å². The third-order valence-corrected chi connectivity index (χ3v) is 5.36. The Kier molecular flexibility index (Phi) is 11.9. The standard InChI is InChI=1S/C21H30N4O8S/c1-11(21(32)33)23-19(30)15(7-8-34-2)24-20(31)16(10-17(27)28)25-18(29)14(22)9-12-3-5-13(26)6-4-12/h3-6,11,14-16,26H,7-10,22H2,1-2H3,(H,23,30)(H,24,31)(H,25,29)(H,27,28)(H,32,33). The number of carboxylic acids is 2. The third-order valence-electron chi connectivity index (χ3n) is 4.71. The van der Waals surface area contributed by atoms with Crippen LogP contribution in [0.5, 0.6) is 5.75 Å². The minimum absolute atomic E-state index is 0.0396. The topological polar surface area (TPSA) is 208 Å². The molecule has 0 aliphatic heterocycles. The van der Waals surface area contributed by atoms with Crippen LogP contribution in [-0.4, -0.2) is 81.2 Å². The Balaban J connectivity index is 2.89. The van der Waals surface area contributed by atoms with Crippen molar-refractivity contribution in [1.29, 1.82) is 0 Å². The Bertz CT molecular complexity index is 880. The number of nitrogens with one attached hydrogen (secondary N) is 3. The number of thioether (sulfide) groups is 1. The molecule has 0 aromatic heterocycles. The Morgan fingerprint density at radius 1 is 0.941 bits per heavy atom. The average molecular weight is 499 g/mol. The fourth-order valence-corrected chi connectivity index (χ4v) is 3.27. The van der Waals surface area contributed by atoms with Gasteiger partial charge in [0.15, 0.2) is 0 Å². The predicted octanol–water partition coefficient (Wildman–Crippen LogP) is -0.951. The van der Waals surface area contributed by atoms with Crippen LogP contribution in [0.25, 0.3) is 0 Å². The molecule has 0 radical (unpaired) electrons. The van der Waals surface area contributed by atoms with E-state index in [4.69, 9.17) is 10.8 Å². The van der Waals surface area contributed by atoms with Gasteiger partial charge in [-0.05, 0) is 49.5 Å². The van der Waals surface area contributed by atoms with Gasteiger partial charge in [0.05, 0.1) is 12.5 Å². The van der Waals surface area contributed by atoms with Gasteiger partial charge in [0.1, 0.15) is 23.9 Å². The number of phenols is 1. The average Bonchev–Trinajstić information content (AvgIpc) is 2.76. The van der Waals surface area contributed by atoms with Gasteiger partial charge >= 0.3 is 11.9 Å². The molecule has 1 rings (SSSR count). The number of hydrogen-bond acceptors (Lipinski definition) is 8. The van der Waals surface area contributed by atoms with E-state index in [2.05, 4.69) is 16.0 Å². The molecule has 4 unspecified atom stereocenters. The number of rotatable bonds is 14. The van der Waals surface area contributed by atoms with Crippen molar-refractivity contribution in [1.82, 2.24) is 16.0 Å². The molecule has 3 amide bonds. The van der Waals surface area contributed by atoms with Crippen molar-refractivity contribution in [2.75, 3.05) is 12.0 Å². The highest BCUT2D eigenvalue weighted by Crippen LogP contribution is 2.11. The maximum Gasteiger partial charge on any atom is 0.325 e. The fourth-order valence-electron chi connectivity index (χ4n) is 2.79. The molecule has 0 aliphatic carbocycles. The van der Waals surface area contributed by atoms with E-state index in [9.17, 15) is 34.2 Å². The largest absolute Gasteiger partial charge is 0.508 e. The zero-order chi connectivity index (χ0) is 25.8. The lowest BCUT2D eigenvalue weighted by Gasteiger charge is -2.24. The summed E-state index contributed by atoms with van der Waals surface area (Å²) in [6.07, 6.45) is 1.24. The van der Waals surface area contributed by atoms with Crippen molar-refractivity contribution in [3.63, 3.8) is 0 Å². The number of nitrogens with two attached hydrogens (primary N) is 1. The highest BCUT2D eigenvalue weighted by Gasteiger charge is 2.30. The van der Waals surface area contributed by atoms with Gasteiger partial charge in [-0.3, -0.25) is 24.0 Å². The Labute approximate surface area is 200 Å². The van der Waals surface area contributed by atoms with E-state index < -0.39 is 60.2 Å². The number of amides is 3. The summed E-state index contributed by atoms with van der Waals surface area (Å²) in [7, 11) is 0. The number of carbonyl (C=O) groups is 5. The van der Waals surface area contributed by atoms with Gasteiger partial charge in [-0.2, -0.15) is 11.8 Å². The molecule has 34 heavy (non-hydrogen) atoms. The van der Waals surface area contributed by atoms with Gasteiger partial charge in [-0.1, -0.05) is 12.1 Å². The van der Waals surface area contributed by atoms with Crippen LogP contribution < -0.4 is 21.7 Å². The SMILES string of the molecule is CSCCC(NC(=O)C(CC(=O)O)NC(=O)C(N)Cc1ccc(O)cc1)C(=O)NC(C)C(=O)O. The zero-order valence-corrected chi connectivity index (χ0v) is 19.6. The highest BCUT2D eigenvalue weighted by molar-refractivity contribution is 7.98. The number of carboxylic acid groups (broad SMARTS) is 2. The molecule has 0 saturated carbocycles. The molecule has 0 saturated heterocycles. The van der Waals surface area contributed by atoms with E-state index in [1.165, 1.54) is 30.8 Å². The van der Waals surface area contributed by atoms with Gasteiger partial charge in [-0.15, -0.1) is 0 Å². The van der Waals surface area contributed by atoms with Crippen molar-refractivity contribution in [3.8, 4) is 5.75 Å². The molecule has 0 fully saturated rings. The summed E-state index contributed by atoms with van der Waals surface area (Å²) >= 11 is 1.39. The maximum atomic E-state index is 12.8. The molecule has 0 heterocycles. The first-order valence-electron chi connectivity index (χ1n) is 10.3. The quantitative estimate of drug-likeness (QED) is 0.167. The number of carbonyl (C=O) groups excluding carboxylic acids is 3. The van der Waals surface area contributed by atoms with Gasteiger partial charge in [-0.25, -0.2) is 0 Å². The van der Waals surface area contributed by atoms with Crippen LogP contribution in [0.1, 0.15) is 25.3 Å². The summed E-state index contributed by atoms with van der Waals surface area (Å²) in [6.45, 7) is 1.26. The van der Waals surface area contributed by atoms with Gasteiger partial charge in [0.25, 0.3) is 0 Å². The Hall–Kier alpha value is -3.32. The molecule has 12 nitrogen and oxygen atoms in total. The third kappa shape index (κ3) is 10.1. The molecule has 8 N–H and O–H groups in total. The summed E-state index contributed by atoms with van der Waals surface area (Å²) in [5.74, 6) is -4.58. The summed E-state index contributed by atoms with van der Waals surface area (Å²) in [5, 5.41) is 34.5. The molecule has 0 aliphatic rings. The summed E-state index contributed by atoms with van der Waals surface area (Å²) in [4.78, 5) is 60.0. The summed E-state index contributed by atoms with van der Waals surface area (Å²) < 4.78 is 0. The van der Waals surface area contributed by atoms with Crippen molar-refractivity contribution >= 4 is 41.4 Å². The number of aliphatic carboxylic acids is 2. The molecule has 4 atom stereocenters. The lowest BCUT2D eigenvalue weighted by molar-refractivity contribution is -0.143. The smallest absolute Gasteiger partial charge is 0.325 e. The molecule has 0 spiro atoms. The van der Waals surface area contributed by atoms with Crippen molar-refractivity contribution in [2.45, 2.75) is 50.4 Å². The molecule has 1 aromatic rings. The van der Waals surface area contributed by atoms with Crippen LogP contribution >= 0.6 is 11.8 Å². The Morgan fingerprint density at radius 3 is 2.03 bits per heavy atom. The molecule has 0 bridgehead atoms. The lowest BCUT2D eigenvalue weighted by atomic mass is 10.0. The van der Waals surface area contributed by atoms with Gasteiger partial charge in [0.2, 0.25) is 17.7 Å². The molecular weight excluding hydrogens is 468 g/mol. The first kappa shape index (κ1) is 28.7. The monoisotopic (exact) mass is 498 g/mol. The first-order valence-corrected chi connectivity index (χ1v) is 11.7. The number of aromatic hydroxyl groups is 1. The number of hydrogen-bond donors (Lipinski definition) is 7. The second-order valence-electron chi connectivity index (χ2n) is 7.55. The minimum atomic E-state index is -1.52. The first-order chi connectivity index (χ1) is 15.9. The van der Waals surface area contributed by atoms with Crippen molar-refractivity contribution in [3.05, 3.63) is 29.8 Å². The predicted molar refractivity (Wildman–Crippen MR) is 124 cm³/mol. The van der Waals surface area contributed by atoms with E-state index in [1.807, 2.05) is 0 Å². The van der Waals surface area contributed by atoms with Crippen LogP contribution in [0.3, 0.4) is 0 Å². The lowest BCUT2D eigenvalue weighted by Crippen LogP contribution is -2.57. The summed E-state index contributed by atoms with van der Waals surface area (Å²) in [6, 6.07) is 1.01. The second-order valence-corrected chi connectivity index (χ2v) is 8.53. The molecule has 1 aromatic carbocycles. The second kappa shape index (κ2) is 14.1. The van der Waals surface area contributed by atoms with Crippen molar-refractivity contribution in [2.24, 2.45) is 5.73 Å². The van der Waals surface area contributed by atoms with Crippen LogP contribution in [0.2, 0.25) is 0 Å². The molecule has 188 valence electrons. The van der Waals surface area contributed by atoms with Crippen LogP contribution in [0.15, 0.2) is 24.3 Å². The van der Waals surface area contributed by atoms with E-state index in [0.717, 1.165) is 0 Å². The highest BCUT2D eigenvalue weighted by atomic mass is 32.2. The van der Waals surface area contributed by atoms with E-state index in [1.54, 1.807) is 18.4 Å². The van der Waals surface area contributed by atoms with E-state index in [-0.39, 0.29) is 18.6 Å². The summed E-state index contributed by atoms with van der Waals surface area (Å²) in [5.41, 5.74) is 6.53. The fraction of sp³-hybridized carbons (Fsp3) is 0.476. The molecular formula is C21H30N4O8S. The van der Waals surface area contributed by atoms with Crippen LogP contribution in [0.4, 0.5) is 0 Å². The van der Waals surface area contributed by atoms with Crippen LogP contribution in [0, 0.1) is 0 Å². The van der Waals surface area contributed by atoms with Gasteiger partial charge in [0, 0.05) is 0 Å². The normalized spacial score (nSPS) is 14.2. The molecule has 13 heteroatoms.